The van der Waals surface area contributed by atoms with E-state index in [1.165, 1.54) is 0 Å². The van der Waals surface area contributed by atoms with Gasteiger partial charge in [0, 0.05) is 0 Å². The van der Waals surface area contributed by atoms with Crippen LogP contribution in [0.2, 0.25) is 0 Å². The maximum Gasteiger partial charge on any atom is 0.0589 e. The first-order chi connectivity index (χ1) is 7.36. The van der Waals surface area contributed by atoms with Crippen molar-refractivity contribution in [1.82, 2.24) is 0 Å². The Kier molecular flexibility index (Phi) is 7.93. The van der Waals surface area contributed by atoms with Crippen molar-refractivity contribution in [2.45, 2.75) is 70.9 Å². The fourth-order valence-electron chi connectivity index (χ4n) is 1.54. The van der Waals surface area contributed by atoms with Gasteiger partial charge < -0.3 is 20.4 Å². The lowest BCUT2D eigenvalue weighted by molar-refractivity contribution is 0.00905. The van der Waals surface area contributed by atoms with Crippen LogP contribution in [0.25, 0.3) is 0 Å². The van der Waals surface area contributed by atoms with Gasteiger partial charge in [0.25, 0.3) is 0 Å². The van der Waals surface area contributed by atoms with Crippen molar-refractivity contribution >= 4 is 0 Å². The van der Waals surface area contributed by atoms with Crippen molar-refractivity contribution in [1.29, 1.82) is 0 Å². The molecule has 0 aliphatic heterocycles. The van der Waals surface area contributed by atoms with Crippen LogP contribution in [0.3, 0.4) is 0 Å². The number of hydrogen-bond acceptors (Lipinski definition) is 4. The minimum absolute atomic E-state index is 0.105. The highest BCUT2D eigenvalue weighted by molar-refractivity contribution is 4.71. The monoisotopic (exact) mass is 234 g/mol. The zero-order valence-electron chi connectivity index (χ0n) is 10.5. The molecule has 4 atom stereocenters. The third kappa shape index (κ3) is 7.17. The molecule has 4 nitrogen and oxygen atoms in total. The van der Waals surface area contributed by atoms with Gasteiger partial charge in [-0.2, -0.15) is 0 Å². The Morgan fingerprint density at radius 2 is 1.19 bits per heavy atom. The molecule has 0 aliphatic rings. The molecule has 98 valence electrons. The Morgan fingerprint density at radius 1 is 0.750 bits per heavy atom. The molecule has 4 N–H and O–H groups in total. The fourth-order valence-corrected chi connectivity index (χ4v) is 1.54. The summed E-state index contributed by atoms with van der Waals surface area (Å²) in [5, 5.41) is 38.1. The van der Waals surface area contributed by atoms with Crippen LogP contribution in [-0.4, -0.2) is 44.8 Å². The van der Waals surface area contributed by atoms with Gasteiger partial charge in [0.15, 0.2) is 0 Å². The summed E-state index contributed by atoms with van der Waals surface area (Å²) in [6, 6.07) is 0. The summed E-state index contributed by atoms with van der Waals surface area (Å²) < 4.78 is 0. The molecular weight excluding hydrogens is 208 g/mol. The molecule has 0 spiro atoms. The van der Waals surface area contributed by atoms with Gasteiger partial charge in [-0.15, -0.1) is 0 Å². The molecule has 0 heterocycles. The summed E-state index contributed by atoms with van der Waals surface area (Å²) in [6.45, 7) is 5.61. The number of hydrogen-bond donors (Lipinski definition) is 4. The maximum atomic E-state index is 9.62. The average molecular weight is 234 g/mol. The number of rotatable bonds is 8. The fraction of sp³-hybridized carbons (Fsp3) is 1.00. The Morgan fingerprint density at radius 3 is 1.62 bits per heavy atom. The van der Waals surface area contributed by atoms with Gasteiger partial charge in [-0.1, -0.05) is 20.8 Å². The first-order valence-corrected chi connectivity index (χ1v) is 6.09. The minimum atomic E-state index is -0.712. The van der Waals surface area contributed by atoms with Crippen molar-refractivity contribution in [2.75, 3.05) is 0 Å². The van der Waals surface area contributed by atoms with E-state index in [0.717, 1.165) is 0 Å². The lowest BCUT2D eigenvalue weighted by Crippen LogP contribution is -2.27. The van der Waals surface area contributed by atoms with Crippen molar-refractivity contribution in [3.63, 3.8) is 0 Å². The molecule has 0 aromatic heterocycles. The van der Waals surface area contributed by atoms with E-state index in [0.29, 0.717) is 6.42 Å². The van der Waals surface area contributed by atoms with Crippen LogP contribution >= 0.6 is 0 Å². The van der Waals surface area contributed by atoms with Crippen LogP contribution in [0, 0.1) is 5.92 Å². The van der Waals surface area contributed by atoms with E-state index in [1.54, 1.807) is 0 Å². The molecule has 0 aliphatic carbocycles. The van der Waals surface area contributed by atoms with E-state index in [-0.39, 0.29) is 25.2 Å². The van der Waals surface area contributed by atoms with Gasteiger partial charge in [0.05, 0.1) is 24.4 Å². The van der Waals surface area contributed by atoms with E-state index < -0.39 is 24.4 Å². The van der Waals surface area contributed by atoms with Crippen molar-refractivity contribution in [3.8, 4) is 0 Å². The summed E-state index contributed by atoms with van der Waals surface area (Å²) in [7, 11) is 0. The molecule has 0 fully saturated rings. The summed E-state index contributed by atoms with van der Waals surface area (Å²) >= 11 is 0. The van der Waals surface area contributed by atoms with Crippen LogP contribution < -0.4 is 0 Å². The molecule has 4 heteroatoms. The first kappa shape index (κ1) is 15.8. The van der Waals surface area contributed by atoms with Gasteiger partial charge in [0.2, 0.25) is 0 Å². The molecule has 0 amide bonds. The van der Waals surface area contributed by atoms with Gasteiger partial charge in [-0.3, -0.25) is 0 Å². The standard InChI is InChI=1S/C12H26O4/c1-4-9(13)5-10(14)6-11(15)7-12(16)8(2)3/h8-16H,4-7H2,1-3H3/t9-,10+,11+,12-/m1/s1. The molecule has 16 heavy (non-hydrogen) atoms. The average Bonchev–Trinajstić information content (AvgIpc) is 2.16. The Hall–Kier alpha value is -0.160. The number of aliphatic hydroxyl groups excluding tert-OH is 4. The van der Waals surface area contributed by atoms with Crippen molar-refractivity contribution in [2.24, 2.45) is 5.92 Å². The van der Waals surface area contributed by atoms with Gasteiger partial charge in [-0.05, 0) is 31.6 Å². The molecule has 0 rings (SSSR count). The Labute approximate surface area is 97.9 Å². The van der Waals surface area contributed by atoms with Crippen molar-refractivity contribution < 1.29 is 20.4 Å². The van der Waals surface area contributed by atoms with Crippen molar-refractivity contribution in [3.05, 3.63) is 0 Å². The van der Waals surface area contributed by atoms with Crippen LogP contribution in [0.1, 0.15) is 46.5 Å². The Bertz CT molecular complexity index is 172. The van der Waals surface area contributed by atoms with Crippen LogP contribution in [0.5, 0.6) is 0 Å². The maximum absolute atomic E-state index is 9.62. The number of aliphatic hydroxyl groups is 4. The lowest BCUT2D eigenvalue weighted by Gasteiger charge is -2.21. The normalized spacial score (nSPS) is 19.5. The minimum Gasteiger partial charge on any atom is -0.393 e. The van der Waals surface area contributed by atoms with E-state index in [1.807, 2.05) is 20.8 Å². The molecule has 0 aromatic rings. The van der Waals surface area contributed by atoms with Gasteiger partial charge >= 0.3 is 0 Å². The quantitative estimate of drug-likeness (QED) is 0.497. The Balaban J connectivity index is 3.81. The lowest BCUT2D eigenvalue weighted by atomic mass is 9.96. The summed E-state index contributed by atoms with van der Waals surface area (Å²) in [4.78, 5) is 0. The van der Waals surface area contributed by atoms with Crippen LogP contribution in [-0.2, 0) is 0 Å². The molecule has 0 radical (unpaired) electrons. The smallest absolute Gasteiger partial charge is 0.0589 e. The molecule has 0 aromatic carbocycles. The zero-order chi connectivity index (χ0) is 12.7. The molecule has 0 saturated carbocycles. The second-order valence-corrected chi connectivity index (χ2v) is 4.89. The van der Waals surface area contributed by atoms with Gasteiger partial charge in [0.1, 0.15) is 0 Å². The van der Waals surface area contributed by atoms with Gasteiger partial charge in [-0.25, -0.2) is 0 Å². The van der Waals surface area contributed by atoms with Crippen LogP contribution in [0.15, 0.2) is 0 Å². The second kappa shape index (κ2) is 8.01. The second-order valence-electron chi connectivity index (χ2n) is 4.89. The topological polar surface area (TPSA) is 80.9 Å². The highest BCUT2D eigenvalue weighted by Gasteiger charge is 2.19. The predicted molar refractivity (Wildman–Crippen MR) is 63.0 cm³/mol. The molecule has 0 bridgehead atoms. The first-order valence-electron chi connectivity index (χ1n) is 6.09. The zero-order valence-corrected chi connectivity index (χ0v) is 10.5. The molecule has 0 saturated heterocycles. The van der Waals surface area contributed by atoms with Crippen LogP contribution in [0.4, 0.5) is 0 Å². The molecular formula is C12H26O4. The summed E-state index contributed by atoms with van der Waals surface area (Å²) in [5.74, 6) is 0.105. The third-order valence-corrected chi connectivity index (χ3v) is 2.84. The van der Waals surface area contributed by atoms with E-state index in [9.17, 15) is 20.4 Å². The summed E-state index contributed by atoms with van der Waals surface area (Å²) in [6.07, 6.45) is -1.11. The summed E-state index contributed by atoms with van der Waals surface area (Å²) in [5.41, 5.74) is 0. The highest BCUT2D eigenvalue weighted by atomic mass is 16.3. The predicted octanol–water partition coefficient (Wildman–Crippen LogP) is 0.666. The van der Waals surface area contributed by atoms with E-state index >= 15 is 0 Å². The van der Waals surface area contributed by atoms with E-state index in [2.05, 4.69) is 0 Å². The SMILES string of the molecule is CC[C@@H](O)C[C@H](O)C[C@H](O)C[C@@H](O)C(C)C. The highest BCUT2D eigenvalue weighted by Crippen LogP contribution is 2.14. The largest absolute Gasteiger partial charge is 0.393 e. The molecule has 0 unspecified atom stereocenters. The third-order valence-electron chi connectivity index (χ3n) is 2.84. The van der Waals surface area contributed by atoms with E-state index in [4.69, 9.17) is 0 Å².